The molecule has 0 radical (unpaired) electrons. The lowest BCUT2D eigenvalue weighted by Gasteiger charge is -2.18. The Hall–Kier alpha value is -3.02. The van der Waals surface area contributed by atoms with Gasteiger partial charge in [0.25, 0.3) is 5.91 Å². The van der Waals surface area contributed by atoms with E-state index in [0.29, 0.717) is 12.2 Å². The normalized spacial score (nSPS) is 12.6. The van der Waals surface area contributed by atoms with Crippen LogP contribution in [0.25, 0.3) is 10.8 Å². The molecule has 0 fully saturated rings. The summed E-state index contributed by atoms with van der Waals surface area (Å²) in [7, 11) is 0. The lowest BCUT2D eigenvalue weighted by atomic mass is 10.1. The Morgan fingerprint density at radius 1 is 1.00 bits per heavy atom. The number of hydrogen-bond acceptors (Lipinski definition) is 2. The summed E-state index contributed by atoms with van der Waals surface area (Å²) in [5.41, 5.74) is -0.737. The molecule has 0 aliphatic heterocycles. The Morgan fingerprint density at radius 3 is 2.44 bits per heavy atom. The van der Waals surface area contributed by atoms with E-state index in [-0.39, 0.29) is 5.69 Å². The second kappa shape index (κ2) is 7.70. The highest BCUT2D eigenvalue weighted by molar-refractivity contribution is 5.94. The molecule has 0 bridgehead atoms. The first-order valence-corrected chi connectivity index (χ1v) is 8.50. The van der Waals surface area contributed by atoms with E-state index < -0.39 is 23.8 Å². The zero-order chi connectivity index (χ0) is 19.4. The minimum atomic E-state index is -4.47. The number of fused-ring (bicyclic) bond motifs is 1. The molecule has 0 spiro atoms. The lowest BCUT2D eigenvalue weighted by Crippen LogP contribution is -2.32. The maximum Gasteiger partial charge on any atom is 0.416 e. The smallest absolute Gasteiger partial charge is 0.416 e. The number of benzene rings is 3. The third-order valence-corrected chi connectivity index (χ3v) is 4.12. The summed E-state index contributed by atoms with van der Waals surface area (Å²) in [6.45, 7) is 1.78. The Balaban J connectivity index is 1.74. The Kier molecular flexibility index (Phi) is 5.35. The van der Waals surface area contributed by atoms with Gasteiger partial charge in [0.15, 0.2) is 6.10 Å². The second-order valence-corrected chi connectivity index (χ2v) is 6.09. The maximum atomic E-state index is 12.8. The van der Waals surface area contributed by atoms with E-state index in [1.807, 2.05) is 36.4 Å². The minimum Gasteiger partial charge on any atom is -0.481 e. The number of halogens is 3. The van der Waals surface area contributed by atoms with Gasteiger partial charge in [-0.05, 0) is 47.5 Å². The maximum absolute atomic E-state index is 12.8. The molecule has 6 heteroatoms. The van der Waals surface area contributed by atoms with Gasteiger partial charge in [-0.1, -0.05) is 43.3 Å². The van der Waals surface area contributed by atoms with Gasteiger partial charge in [-0.3, -0.25) is 4.79 Å². The topological polar surface area (TPSA) is 38.3 Å². The van der Waals surface area contributed by atoms with Crippen molar-refractivity contribution < 1.29 is 22.7 Å². The summed E-state index contributed by atoms with van der Waals surface area (Å²) in [6.07, 6.45) is -4.91. The van der Waals surface area contributed by atoms with Crippen molar-refractivity contribution in [3.63, 3.8) is 0 Å². The molecule has 0 aliphatic carbocycles. The number of anilines is 1. The molecular weight excluding hydrogens is 355 g/mol. The number of nitrogens with one attached hydrogen (secondary N) is 1. The summed E-state index contributed by atoms with van der Waals surface area (Å²) in [5, 5.41) is 4.52. The molecule has 0 saturated carbocycles. The van der Waals surface area contributed by atoms with Crippen LogP contribution >= 0.6 is 0 Å². The lowest BCUT2D eigenvalue weighted by molar-refractivity contribution is -0.137. The van der Waals surface area contributed by atoms with Crippen molar-refractivity contribution in [1.82, 2.24) is 0 Å². The molecule has 140 valence electrons. The van der Waals surface area contributed by atoms with Crippen molar-refractivity contribution >= 4 is 22.4 Å². The van der Waals surface area contributed by atoms with E-state index in [1.54, 1.807) is 13.0 Å². The van der Waals surface area contributed by atoms with E-state index >= 15 is 0 Å². The molecule has 0 unspecified atom stereocenters. The average Bonchev–Trinajstić information content (AvgIpc) is 2.65. The van der Waals surface area contributed by atoms with Crippen molar-refractivity contribution in [2.75, 3.05) is 5.32 Å². The van der Waals surface area contributed by atoms with Crippen LogP contribution < -0.4 is 10.1 Å². The number of rotatable bonds is 5. The molecule has 1 N–H and O–H groups in total. The minimum absolute atomic E-state index is 0.0791. The largest absolute Gasteiger partial charge is 0.481 e. The number of carbonyl (C=O) groups is 1. The Labute approximate surface area is 154 Å². The van der Waals surface area contributed by atoms with E-state index in [0.717, 1.165) is 22.9 Å². The van der Waals surface area contributed by atoms with Crippen LogP contribution in [0.1, 0.15) is 18.9 Å². The van der Waals surface area contributed by atoms with E-state index in [9.17, 15) is 18.0 Å². The number of amides is 1. The van der Waals surface area contributed by atoms with Gasteiger partial charge in [-0.25, -0.2) is 0 Å². The van der Waals surface area contributed by atoms with Crippen LogP contribution in [-0.4, -0.2) is 12.0 Å². The fraction of sp³-hybridized carbons (Fsp3) is 0.190. The molecule has 3 aromatic rings. The van der Waals surface area contributed by atoms with Gasteiger partial charge in [0.2, 0.25) is 0 Å². The van der Waals surface area contributed by atoms with E-state index in [1.165, 1.54) is 12.1 Å². The first-order valence-electron chi connectivity index (χ1n) is 8.50. The van der Waals surface area contributed by atoms with Gasteiger partial charge in [-0.2, -0.15) is 13.2 Å². The van der Waals surface area contributed by atoms with Gasteiger partial charge in [-0.15, -0.1) is 0 Å². The van der Waals surface area contributed by atoms with Gasteiger partial charge in [0.1, 0.15) is 5.75 Å². The molecular formula is C21H18F3NO2. The number of alkyl halides is 3. The van der Waals surface area contributed by atoms with Crippen LogP contribution in [0.2, 0.25) is 0 Å². The van der Waals surface area contributed by atoms with Crippen LogP contribution in [0.15, 0.2) is 66.7 Å². The monoisotopic (exact) mass is 373 g/mol. The predicted molar refractivity (Wildman–Crippen MR) is 98.7 cm³/mol. The van der Waals surface area contributed by atoms with Crippen LogP contribution in [-0.2, 0) is 11.0 Å². The molecule has 3 nitrogen and oxygen atoms in total. The van der Waals surface area contributed by atoms with Crippen molar-refractivity contribution in [3.8, 4) is 5.75 Å². The third-order valence-electron chi connectivity index (χ3n) is 4.12. The van der Waals surface area contributed by atoms with Crippen LogP contribution in [0.5, 0.6) is 5.75 Å². The molecule has 1 amide bonds. The number of hydrogen-bond donors (Lipinski definition) is 1. The van der Waals surface area contributed by atoms with Crippen molar-refractivity contribution in [2.45, 2.75) is 25.6 Å². The molecule has 0 heterocycles. The molecule has 1 atom stereocenters. The highest BCUT2D eigenvalue weighted by Crippen LogP contribution is 2.30. The molecule has 0 saturated heterocycles. The van der Waals surface area contributed by atoms with Gasteiger partial charge >= 0.3 is 6.18 Å². The number of carbonyl (C=O) groups excluding carboxylic acids is 1. The Bertz CT molecular complexity index is 953. The summed E-state index contributed by atoms with van der Waals surface area (Å²) in [6, 6.07) is 17.8. The van der Waals surface area contributed by atoms with Crippen molar-refractivity contribution in [2.24, 2.45) is 0 Å². The standard InChI is InChI=1S/C21H18F3NO2/c1-2-19(27-18-11-10-14-6-3-4-7-15(14)12-18)20(26)25-17-9-5-8-16(13-17)21(22,23)24/h3-13,19H,2H2,1H3,(H,25,26)/t19-/m1/s1. The molecule has 3 rings (SSSR count). The fourth-order valence-electron chi connectivity index (χ4n) is 2.72. The summed E-state index contributed by atoms with van der Waals surface area (Å²) in [4.78, 5) is 12.5. The zero-order valence-corrected chi connectivity index (χ0v) is 14.6. The molecule has 3 aromatic carbocycles. The highest BCUT2D eigenvalue weighted by atomic mass is 19.4. The first-order chi connectivity index (χ1) is 12.9. The molecule has 0 aromatic heterocycles. The van der Waals surface area contributed by atoms with Crippen molar-refractivity contribution in [1.29, 1.82) is 0 Å². The van der Waals surface area contributed by atoms with Crippen LogP contribution in [0, 0.1) is 0 Å². The third kappa shape index (κ3) is 4.58. The Morgan fingerprint density at radius 2 is 1.74 bits per heavy atom. The fourth-order valence-corrected chi connectivity index (χ4v) is 2.72. The predicted octanol–water partition coefficient (Wildman–Crippen LogP) is 5.65. The first kappa shape index (κ1) is 18.8. The van der Waals surface area contributed by atoms with Crippen molar-refractivity contribution in [3.05, 3.63) is 72.3 Å². The van der Waals surface area contributed by atoms with E-state index in [2.05, 4.69) is 5.32 Å². The molecule has 0 aliphatic rings. The van der Waals surface area contributed by atoms with Gasteiger partial charge in [0, 0.05) is 5.69 Å². The zero-order valence-electron chi connectivity index (χ0n) is 14.6. The molecule has 27 heavy (non-hydrogen) atoms. The summed E-state index contributed by atoms with van der Waals surface area (Å²) < 4.78 is 44.2. The van der Waals surface area contributed by atoms with Gasteiger partial charge < -0.3 is 10.1 Å². The van der Waals surface area contributed by atoms with Gasteiger partial charge in [0.05, 0.1) is 5.56 Å². The van der Waals surface area contributed by atoms with E-state index in [4.69, 9.17) is 4.74 Å². The van der Waals surface area contributed by atoms with Crippen LogP contribution in [0.3, 0.4) is 0 Å². The quantitative estimate of drug-likeness (QED) is 0.627. The second-order valence-electron chi connectivity index (χ2n) is 6.09. The summed E-state index contributed by atoms with van der Waals surface area (Å²) >= 11 is 0. The van der Waals surface area contributed by atoms with Crippen LogP contribution in [0.4, 0.5) is 18.9 Å². The number of ether oxygens (including phenoxy) is 1. The highest BCUT2D eigenvalue weighted by Gasteiger charge is 2.30. The average molecular weight is 373 g/mol. The summed E-state index contributed by atoms with van der Waals surface area (Å²) in [5.74, 6) is 0.0322. The SMILES string of the molecule is CC[C@@H](Oc1ccc2ccccc2c1)C(=O)Nc1cccc(C(F)(F)F)c1.